The van der Waals surface area contributed by atoms with E-state index in [9.17, 15) is 14.0 Å². The van der Waals surface area contributed by atoms with Crippen LogP contribution in [0.15, 0.2) is 18.2 Å². The Morgan fingerprint density at radius 3 is 2.58 bits per heavy atom. The third-order valence-electron chi connectivity index (χ3n) is 2.94. The fourth-order valence-corrected chi connectivity index (χ4v) is 1.62. The van der Waals surface area contributed by atoms with E-state index in [1.54, 1.807) is 6.92 Å². The lowest BCUT2D eigenvalue weighted by molar-refractivity contribution is -0.138. The van der Waals surface area contributed by atoms with Gasteiger partial charge in [-0.3, -0.25) is 9.59 Å². The minimum atomic E-state index is -1.11. The average Bonchev–Trinajstić information content (AvgIpc) is 2.37. The van der Waals surface area contributed by atoms with Crippen molar-refractivity contribution in [3.63, 3.8) is 0 Å². The van der Waals surface area contributed by atoms with Gasteiger partial charge in [0.1, 0.15) is 12.4 Å². The fraction of sp³-hybridized carbons (Fsp3) is 0.385. The summed E-state index contributed by atoms with van der Waals surface area (Å²) >= 11 is 0. The first-order valence-electron chi connectivity index (χ1n) is 5.94. The maximum Gasteiger partial charge on any atom is 0.323 e. The monoisotopic (exact) mass is 268 g/mol. The second-order valence-corrected chi connectivity index (χ2v) is 4.32. The Labute approximate surface area is 110 Å². The molecule has 1 amide bonds. The second-order valence-electron chi connectivity index (χ2n) is 4.32. The number of nitrogens with two attached hydrogens (primary N) is 1. The number of carbonyl (C=O) groups excluding carboxylic acids is 1. The van der Waals surface area contributed by atoms with Crippen molar-refractivity contribution < 1.29 is 19.1 Å². The van der Waals surface area contributed by atoms with Gasteiger partial charge in [-0.2, -0.15) is 0 Å². The van der Waals surface area contributed by atoms with Crippen LogP contribution in [0.1, 0.15) is 30.6 Å². The van der Waals surface area contributed by atoms with E-state index in [0.717, 1.165) is 6.07 Å². The van der Waals surface area contributed by atoms with Gasteiger partial charge in [0, 0.05) is 11.6 Å². The van der Waals surface area contributed by atoms with Crippen LogP contribution < -0.4 is 5.73 Å². The SMILES string of the molecule is CCC(C)N(CC(=O)O)C(=O)c1ccc(N)c(F)c1. The van der Waals surface area contributed by atoms with Gasteiger partial charge >= 0.3 is 5.97 Å². The molecule has 0 radical (unpaired) electrons. The fourth-order valence-electron chi connectivity index (χ4n) is 1.62. The summed E-state index contributed by atoms with van der Waals surface area (Å²) in [6.45, 7) is 3.17. The summed E-state index contributed by atoms with van der Waals surface area (Å²) in [5.74, 6) is -2.31. The van der Waals surface area contributed by atoms with E-state index in [1.165, 1.54) is 17.0 Å². The molecule has 1 atom stereocenters. The topological polar surface area (TPSA) is 83.6 Å². The normalized spacial score (nSPS) is 11.9. The van der Waals surface area contributed by atoms with Gasteiger partial charge in [-0.05, 0) is 31.5 Å². The Bertz CT molecular complexity index is 491. The van der Waals surface area contributed by atoms with E-state index in [4.69, 9.17) is 10.8 Å². The number of nitrogens with zero attached hydrogens (tertiary/aromatic N) is 1. The van der Waals surface area contributed by atoms with E-state index in [1.807, 2.05) is 6.92 Å². The maximum absolute atomic E-state index is 13.3. The maximum atomic E-state index is 13.3. The van der Waals surface area contributed by atoms with Crippen molar-refractivity contribution >= 4 is 17.6 Å². The Morgan fingerprint density at radius 1 is 1.47 bits per heavy atom. The standard InChI is InChI=1S/C13H17FN2O3/c1-3-8(2)16(7-12(17)18)13(19)9-4-5-11(15)10(14)6-9/h4-6,8H,3,7,15H2,1-2H3,(H,17,18). The van der Waals surface area contributed by atoms with E-state index >= 15 is 0 Å². The van der Waals surface area contributed by atoms with Gasteiger partial charge in [-0.1, -0.05) is 6.92 Å². The third kappa shape index (κ3) is 3.67. The average molecular weight is 268 g/mol. The predicted octanol–water partition coefficient (Wildman–Crippen LogP) is 1.73. The predicted molar refractivity (Wildman–Crippen MR) is 69.2 cm³/mol. The van der Waals surface area contributed by atoms with Gasteiger partial charge in [0.05, 0.1) is 5.69 Å². The number of hydrogen-bond acceptors (Lipinski definition) is 3. The van der Waals surface area contributed by atoms with Gasteiger partial charge < -0.3 is 15.7 Å². The van der Waals surface area contributed by atoms with Crippen LogP contribution in [0.25, 0.3) is 0 Å². The molecule has 0 fully saturated rings. The molecule has 0 spiro atoms. The molecule has 0 bridgehead atoms. The van der Waals surface area contributed by atoms with Crippen molar-refractivity contribution in [1.29, 1.82) is 0 Å². The van der Waals surface area contributed by atoms with Crippen LogP contribution in [0.4, 0.5) is 10.1 Å². The van der Waals surface area contributed by atoms with Gasteiger partial charge in [-0.15, -0.1) is 0 Å². The lowest BCUT2D eigenvalue weighted by atomic mass is 10.1. The molecule has 0 aliphatic rings. The van der Waals surface area contributed by atoms with Crippen molar-refractivity contribution in [1.82, 2.24) is 4.90 Å². The minimum absolute atomic E-state index is 0.0510. The van der Waals surface area contributed by atoms with Crippen LogP contribution in [0.5, 0.6) is 0 Å². The van der Waals surface area contributed by atoms with Crippen molar-refractivity contribution in [2.24, 2.45) is 0 Å². The van der Waals surface area contributed by atoms with Crippen LogP contribution in [-0.4, -0.2) is 34.5 Å². The zero-order valence-electron chi connectivity index (χ0n) is 10.9. The molecule has 0 aliphatic heterocycles. The number of anilines is 1. The number of nitrogen functional groups attached to an aromatic ring is 1. The largest absolute Gasteiger partial charge is 0.480 e. The molecule has 1 aromatic rings. The van der Waals surface area contributed by atoms with Gasteiger partial charge in [-0.25, -0.2) is 4.39 Å². The molecule has 1 rings (SSSR count). The van der Waals surface area contributed by atoms with Crippen LogP contribution >= 0.6 is 0 Å². The number of benzene rings is 1. The van der Waals surface area contributed by atoms with Crippen LogP contribution in [0.3, 0.4) is 0 Å². The number of carbonyl (C=O) groups is 2. The summed E-state index contributed by atoms with van der Waals surface area (Å²) in [6, 6.07) is 3.45. The van der Waals surface area contributed by atoms with E-state index in [-0.39, 0.29) is 17.3 Å². The Hall–Kier alpha value is -2.11. The lowest BCUT2D eigenvalue weighted by Crippen LogP contribution is -2.41. The highest BCUT2D eigenvalue weighted by atomic mass is 19.1. The highest BCUT2D eigenvalue weighted by Gasteiger charge is 2.23. The molecule has 0 saturated carbocycles. The van der Waals surface area contributed by atoms with Crippen molar-refractivity contribution in [3.05, 3.63) is 29.6 Å². The molecule has 0 aromatic heterocycles. The van der Waals surface area contributed by atoms with Gasteiger partial charge in [0.25, 0.3) is 5.91 Å². The minimum Gasteiger partial charge on any atom is -0.480 e. The third-order valence-corrected chi connectivity index (χ3v) is 2.94. The number of carboxylic acid groups (broad SMARTS) is 1. The second kappa shape index (κ2) is 6.17. The zero-order chi connectivity index (χ0) is 14.6. The summed E-state index contributed by atoms with van der Waals surface area (Å²) in [5.41, 5.74) is 5.38. The lowest BCUT2D eigenvalue weighted by Gasteiger charge is -2.27. The number of rotatable bonds is 5. The molecule has 1 aromatic carbocycles. The van der Waals surface area contributed by atoms with E-state index in [0.29, 0.717) is 6.42 Å². The Balaban J connectivity index is 3.04. The first kappa shape index (κ1) is 14.9. The molecular formula is C13H17FN2O3. The molecule has 1 unspecified atom stereocenters. The van der Waals surface area contributed by atoms with E-state index in [2.05, 4.69) is 0 Å². The molecule has 0 aliphatic carbocycles. The molecule has 3 N–H and O–H groups in total. The van der Waals surface area contributed by atoms with Crippen molar-refractivity contribution in [2.75, 3.05) is 12.3 Å². The molecule has 0 saturated heterocycles. The number of carboxylic acids is 1. The van der Waals surface area contributed by atoms with Crippen molar-refractivity contribution in [2.45, 2.75) is 26.3 Å². The number of hydrogen-bond donors (Lipinski definition) is 2. The highest BCUT2D eigenvalue weighted by Crippen LogP contribution is 2.16. The number of aliphatic carboxylic acids is 1. The first-order valence-corrected chi connectivity index (χ1v) is 5.94. The molecule has 5 nitrogen and oxygen atoms in total. The molecule has 6 heteroatoms. The molecule has 104 valence electrons. The van der Waals surface area contributed by atoms with Crippen LogP contribution in [0.2, 0.25) is 0 Å². The van der Waals surface area contributed by atoms with E-state index < -0.39 is 24.2 Å². The highest BCUT2D eigenvalue weighted by molar-refractivity contribution is 5.96. The Morgan fingerprint density at radius 2 is 2.11 bits per heavy atom. The zero-order valence-corrected chi connectivity index (χ0v) is 10.9. The molecule has 19 heavy (non-hydrogen) atoms. The summed E-state index contributed by atoms with van der Waals surface area (Å²) in [4.78, 5) is 24.2. The summed E-state index contributed by atoms with van der Waals surface area (Å²) in [7, 11) is 0. The quantitative estimate of drug-likeness (QED) is 0.797. The van der Waals surface area contributed by atoms with Gasteiger partial charge in [0.2, 0.25) is 0 Å². The number of amides is 1. The smallest absolute Gasteiger partial charge is 0.323 e. The first-order chi connectivity index (χ1) is 8.86. The molecular weight excluding hydrogens is 251 g/mol. The van der Waals surface area contributed by atoms with Crippen molar-refractivity contribution in [3.8, 4) is 0 Å². The van der Waals surface area contributed by atoms with Crippen LogP contribution in [-0.2, 0) is 4.79 Å². The Kier molecular flexibility index (Phi) is 4.86. The van der Waals surface area contributed by atoms with Crippen LogP contribution in [0, 0.1) is 5.82 Å². The number of halogens is 1. The summed E-state index contributed by atoms with van der Waals surface area (Å²) < 4.78 is 13.3. The summed E-state index contributed by atoms with van der Waals surface area (Å²) in [5, 5.41) is 8.83. The summed E-state index contributed by atoms with van der Waals surface area (Å²) in [6.07, 6.45) is 0.608. The molecule has 0 heterocycles. The van der Waals surface area contributed by atoms with Gasteiger partial charge in [0.15, 0.2) is 0 Å².